The van der Waals surface area contributed by atoms with E-state index in [9.17, 15) is 9.90 Å². The van der Waals surface area contributed by atoms with Crippen LogP contribution in [0.3, 0.4) is 0 Å². The molecule has 0 aromatic heterocycles. The number of hydrogen-bond acceptors (Lipinski definition) is 3. The molecule has 0 bridgehead atoms. The fraction of sp³-hybridized carbons (Fsp3) is 0.941. The number of hydrogen-bond donors (Lipinski definition) is 3. The van der Waals surface area contributed by atoms with Crippen LogP contribution >= 0.6 is 0 Å². The Kier molecular flexibility index (Phi) is 6.97. The number of carbonyl (C=O) groups is 1. The molecule has 1 heterocycles. The molecule has 1 amide bonds. The van der Waals surface area contributed by atoms with E-state index in [1.54, 1.807) is 0 Å². The minimum atomic E-state index is -0.360. The first-order valence-corrected chi connectivity index (χ1v) is 8.82. The van der Waals surface area contributed by atoms with E-state index in [-0.39, 0.29) is 12.0 Å². The van der Waals surface area contributed by atoms with E-state index in [2.05, 4.69) is 17.6 Å². The number of carbonyl (C=O) groups excluding carboxylic acids is 1. The van der Waals surface area contributed by atoms with Crippen LogP contribution in [0.5, 0.6) is 0 Å². The SMILES string of the molecule is CC(CC(=O)NCC(O)C1CCCCC1)C1CCCNC1. The highest BCUT2D eigenvalue weighted by molar-refractivity contribution is 5.76. The lowest BCUT2D eigenvalue weighted by Crippen LogP contribution is -2.39. The monoisotopic (exact) mass is 296 g/mol. The summed E-state index contributed by atoms with van der Waals surface area (Å²) in [5.41, 5.74) is 0. The fourth-order valence-corrected chi connectivity index (χ4v) is 3.80. The van der Waals surface area contributed by atoms with Gasteiger partial charge in [-0.25, -0.2) is 0 Å². The molecule has 21 heavy (non-hydrogen) atoms. The molecule has 1 saturated heterocycles. The third-order valence-electron chi connectivity index (χ3n) is 5.35. The number of nitrogens with one attached hydrogen (secondary N) is 2. The van der Waals surface area contributed by atoms with Crippen molar-refractivity contribution in [3.63, 3.8) is 0 Å². The van der Waals surface area contributed by atoms with Gasteiger partial charge in [-0.2, -0.15) is 0 Å². The molecule has 3 N–H and O–H groups in total. The first-order chi connectivity index (χ1) is 10.2. The number of rotatable bonds is 6. The van der Waals surface area contributed by atoms with Crippen molar-refractivity contribution in [3.8, 4) is 0 Å². The lowest BCUT2D eigenvalue weighted by atomic mass is 9.84. The zero-order valence-corrected chi connectivity index (χ0v) is 13.4. The summed E-state index contributed by atoms with van der Waals surface area (Å²) in [6.07, 6.45) is 8.64. The predicted molar refractivity (Wildman–Crippen MR) is 85.0 cm³/mol. The molecule has 1 aliphatic carbocycles. The number of aliphatic hydroxyl groups is 1. The molecule has 1 aliphatic heterocycles. The van der Waals surface area contributed by atoms with Crippen LogP contribution in [0.4, 0.5) is 0 Å². The van der Waals surface area contributed by atoms with Gasteiger partial charge < -0.3 is 15.7 Å². The molecule has 4 heteroatoms. The summed E-state index contributed by atoms with van der Waals surface area (Å²) in [4.78, 5) is 12.0. The molecule has 0 spiro atoms. The highest BCUT2D eigenvalue weighted by atomic mass is 16.3. The Morgan fingerprint density at radius 1 is 1.19 bits per heavy atom. The maximum absolute atomic E-state index is 12.0. The van der Waals surface area contributed by atoms with Crippen molar-refractivity contribution in [2.24, 2.45) is 17.8 Å². The summed E-state index contributed by atoms with van der Waals surface area (Å²) in [6.45, 7) is 4.76. The minimum Gasteiger partial charge on any atom is -0.391 e. The summed E-state index contributed by atoms with van der Waals surface area (Å²) in [6, 6.07) is 0. The second kappa shape index (κ2) is 8.74. The lowest BCUT2D eigenvalue weighted by Gasteiger charge is -2.29. The van der Waals surface area contributed by atoms with Crippen LogP contribution in [-0.2, 0) is 4.79 Å². The zero-order valence-electron chi connectivity index (χ0n) is 13.4. The van der Waals surface area contributed by atoms with E-state index in [0.717, 1.165) is 25.9 Å². The second-order valence-electron chi connectivity index (χ2n) is 7.06. The molecule has 3 unspecified atom stereocenters. The van der Waals surface area contributed by atoms with Gasteiger partial charge in [0.2, 0.25) is 5.91 Å². The van der Waals surface area contributed by atoms with Crippen LogP contribution in [0, 0.1) is 17.8 Å². The Morgan fingerprint density at radius 2 is 1.90 bits per heavy atom. The van der Waals surface area contributed by atoms with Gasteiger partial charge in [0.15, 0.2) is 0 Å². The predicted octanol–water partition coefficient (Wildman–Crippen LogP) is 2.07. The summed E-state index contributed by atoms with van der Waals surface area (Å²) < 4.78 is 0. The van der Waals surface area contributed by atoms with E-state index in [4.69, 9.17) is 0 Å². The molecular weight excluding hydrogens is 264 g/mol. The van der Waals surface area contributed by atoms with Crippen molar-refractivity contribution in [2.75, 3.05) is 19.6 Å². The maximum atomic E-state index is 12.0. The lowest BCUT2D eigenvalue weighted by molar-refractivity contribution is -0.123. The largest absolute Gasteiger partial charge is 0.391 e. The average Bonchev–Trinajstić information content (AvgIpc) is 2.54. The van der Waals surface area contributed by atoms with Crippen molar-refractivity contribution in [1.29, 1.82) is 0 Å². The van der Waals surface area contributed by atoms with Crippen molar-refractivity contribution in [2.45, 2.75) is 64.4 Å². The molecule has 2 fully saturated rings. The molecule has 0 aromatic carbocycles. The highest BCUT2D eigenvalue weighted by Gasteiger charge is 2.24. The molecule has 4 nitrogen and oxygen atoms in total. The molecule has 2 aliphatic rings. The van der Waals surface area contributed by atoms with Crippen molar-refractivity contribution >= 4 is 5.91 Å². The van der Waals surface area contributed by atoms with Crippen LogP contribution in [0.15, 0.2) is 0 Å². The second-order valence-corrected chi connectivity index (χ2v) is 7.06. The Balaban J connectivity index is 1.64. The van der Waals surface area contributed by atoms with Gasteiger partial charge in [0, 0.05) is 13.0 Å². The van der Waals surface area contributed by atoms with Gasteiger partial charge in [-0.05, 0) is 56.5 Å². The Morgan fingerprint density at radius 3 is 2.57 bits per heavy atom. The summed E-state index contributed by atoms with van der Waals surface area (Å²) in [5, 5.41) is 16.5. The zero-order chi connectivity index (χ0) is 15.1. The first kappa shape index (κ1) is 16.8. The molecule has 1 saturated carbocycles. The maximum Gasteiger partial charge on any atom is 0.220 e. The Labute approximate surface area is 129 Å². The molecule has 0 radical (unpaired) electrons. The molecule has 3 atom stereocenters. The van der Waals surface area contributed by atoms with Crippen molar-refractivity contribution in [3.05, 3.63) is 0 Å². The molecular formula is C17H32N2O2. The summed E-state index contributed by atoms with van der Waals surface area (Å²) >= 11 is 0. The fourth-order valence-electron chi connectivity index (χ4n) is 3.80. The third-order valence-corrected chi connectivity index (χ3v) is 5.35. The summed E-state index contributed by atoms with van der Waals surface area (Å²) in [7, 11) is 0. The van der Waals surface area contributed by atoms with E-state index in [1.807, 2.05) is 0 Å². The van der Waals surface area contributed by atoms with Crippen LogP contribution in [0.1, 0.15) is 58.3 Å². The minimum absolute atomic E-state index is 0.0999. The van der Waals surface area contributed by atoms with Gasteiger partial charge in [-0.3, -0.25) is 4.79 Å². The topological polar surface area (TPSA) is 61.4 Å². The highest BCUT2D eigenvalue weighted by Crippen LogP contribution is 2.26. The summed E-state index contributed by atoms with van der Waals surface area (Å²) in [5.74, 6) is 1.53. The van der Waals surface area contributed by atoms with Gasteiger partial charge in [0.25, 0.3) is 0 Å². The van der Waals surface area contributed by atoms with Gasteiger partial charge in [-0.15, -0.1) is 0 Å². The Bertz CT molecular complexity index is 310. The third kappa shape index (κ3) is 5.59. The van der Waals surface area contributed by atoms with E-state index < -0.39 is 0 Å². The van der Waals surface area contributed by atoms with Gasteiger partial charge in [-0.1, -0.05) is 26.2 Å². The van der Waals surface area contributed by atoms with Crippen molar-refractivity contribution < 1.29 is 9.90 Å². The Hall–Kier alpha value is -0.610. The molecule has 2 rings (SSSR count). The van der Waals surface area contributed by atoms with Gasteiger partial charge in [0.1, 0.15) is 0 Å². The molecule has 0 aromatic rings. The number of aliphatic hydroxyl groups excluding tert-OH is 1. The number of piperidine rings is 1. The van der Waals surface area contributed by atoms with Crippen LogP contribution in [-0.4, -0.2) is 36.8 Å². The normalized spacial score (nSPS) is 27.0. The van der Waals surface area contributed by atoms with Crippen LogP contribution < -0.4 is 10.6 Å². The van der Waals surface area contributed by atoms with Crippen LogP contribution in [0.2, 0.25) is 0 Å². The van der Waals surface area contributed by atoms with Gasteiger partial charge >= 0.3 is 0 Å². The smallest absolute Gasteiger partial charge is 0.220 e. The van der Waals surface area contributed by atoms with Crippen molar-refractivity contribution in [1.82, 2.24) is 10.6 Å². The van der Waals surface area contributed by atoms with E-state index >= 15 is 0 Å². The van der Waals surface area contributed by atoms with Crippen LogP contribution in [0.25, 0.3) is 0 Å². The van der Waals surface area contributed by atoms with E-state index in [0.29, 0.717) is 30.7 Å². The average molecular weight is 296 g/mol. The molecule has 122 valence electrons. The van der Waals surface area contributed by atoms with Gasteiger partial charge in [0.05, 0.1) is 6.10 Å². The van der Waals surface area contributed by atoms with E-state index in [1.165, 1.54) is 32.1 Å². The quantitative estimate of drug-likeness (QED) is 0.703. The number of amides is 1. The first-order valence-electron chi connectivity index (χ1n) is 8.82. The standard InChI is InChI=1S/C17H32N2O2/c1-13(15-8-5-9-18-11-15)10-17(21)19-12-16(20)14-6-3-2-4-7-14/h13-16,18,20H,2-12H2,1H3,(H,19,21).